The van der Waals surface area contributed by atoms with Gasteiger partial charge in [-0.2, -0.15) is 13.9 Å². The summed E-state index contributed by atoms with van der Waals surface area (Å²) in [4.78, 5) is 13.7. The van der Waals surface area contributed by atoms with Crippen LogP contribution >= 0.6 is 0 Å². The molecule has 33 heavy (non-hydrogen) atoms. The molecule has 2 aromatic carbocycles. The van der Waals surface area contributed by atoms with Crippen LogP contribution in [-0.4, -0.2) is 54.1 Å². The Bertz CT molecular complexity index is 1100. The number of hydrogen-bond acceptors (Lipinski definition) is 6. The van der Waals surface area contributed by atoms with E-state index in [0.29, 0.717) is 55.1 Å². The standard InChI is InChI=1S/C24H25F2N3O4/c1-15(30)28-12-10-24(11-13-28)29-19(17-7-5-9-21(31-2)22(17)33-24)14-18(27-29)16-6-3-4-8-20(16)32-23(25)26/h3-9,19,23H,10-14H2,1-2H3/t19-/m1/s1. The van der Waals surface area contributed by atoms with Gasteiger partial charge in [-0.25, -0.2) is 5.01 Å². The summed E-state index contributed by atoms with van der Waals surface area (Å²) in [5.41, 5.74) is 1.36. The van der Waals surface area contributed by atoms with Gasteiger partial charge in [-0.15, -0.1) is 0 Å². The highest BCUT2D eigenvalue weighted by atomic mass is 19.3. The molecule has 9 heteroatoms. The lowest BCUT2D eigenvalue weighted by Crippen LogP contribution is -2.59. The molecule has 2 aromatic rings. The third kappa shape index (κ3) is 3.65. The van der Waals surface area contributed by atoms with Crippen LogP contribution in [0.1, 0.15) is 43.4 Å². The molecule has 3 aliphatic rings. The van der Waals surface area contributed by atoms with Crippen LogP contribution in [0.25, 0.3) is 0 Å². The van der Waals surface area contributed by atoms with Crippen molar-refractivity contribution >= 4 is 11.6 Å². The Labute approximate surface area is 190 Å². The second-order valence-electron chi connectivity index (χ2n) is 8.42. The minimum absolute atomic E-state index is 0.0267. The Morgan fingerprint density at radius 1 is 1.15 bits per heavy atom. The van der Waals surface area contributed by atoms with E-state index >= 15 is 0 Å². The minimum Gasteiger partial charge on any atom is -0.493 e. The molecule has 1 amide bonds. The highest BCUT2D eigenvalue weighted by Gasteiger charge is 2.53. The number of methoxy groups -OCH3 is 1. The third-order valence-electron chi connectivity index (χ3n) is 6.61. The maximum absolute atomic E-state index is 13.0. The predicted octanol–water partition coefficient (Wildman–Crippen LogP) is 4.18. The fourth-order valence-corrected chi connectivity index (χ4v) is 5.00. The zero-order valence-electron chi connectivity index (χ0n) is 18.5. The van der Waals surface area contributed by atoms with Crippen LogP contribution in [0, 0.1) is 0 Å². The van der Waals surface area contributed by atoms with Crippen LogP contribution in [0.2, 0.25) is 0 Å². The fraction of sp³-hybridized carbons (Fsp3) is 0.417. The van der Waals surface area contributed by atoms with Crippen LogP contribution in [0.15, 0.2) is 47.6 Å². The Balaban J connectivity index is 1.57. The molecule has 3 heterocycles. The summed E-state index contributed by atoms with van der Waals surface area (Å²) in [5, 5.41) is 6.86. The highest BCUT2D eigenvalue weighted by molar-refractivity contribution is 6.04. The van der Waals surface area contributed by atoms with Crippen LogP contribution in [0.5, 0.6) is 17.2 Å². The highest BCUT2D eigenvalue weighted by Crippen LogP contribution is 2.53. The van der Waals surface area contributed by atoms with E-state index in [9.17, 15) is 13.6 Å². The summed E-state index contributed by atoms with van der Waals surface area (Å²) in [6.07, 6.45) is 1.63. The van der Waals surface area contributed by atoms with Crippen molar-refractivity contribution in [2.75, 3.05) is 20.2 Å². The monoisotopic (exact) mass is 457 g/mol. The lowest BCUT2D eigenvalue weighted by molar-refractivity contribution is -0.159. The molecule has 0 bridgehead atoms. The summed E-state index contributed by atoms with van der Waals surface area (Å²) < 4.78 is 43.0. The fourth-order valence-electron chi connectivity index (χ4n) is 5.00. The van der Waals surface area contributed by atoms with Crippen LogP contribution in [0.3, 0.4) is 0 Å². The molecule has 0 N–H and O–H groups in total. The van der Waals surface area contributed by atoms with Crippen molar-refractivity contribution < 1.29 is 27.8 Å². The number of alkyl halides is 2. The number of halogens is 2. The summed E-state index contributed by atoms with van der Waals surface area (Å²) in [6, 6.07) is 12.3. The lowest BCUT2D eigenvalue weighted by Gasteiger charge is -2.51. The number of benzene rings is 2. The molecule has 0 aliphatic carbocycles. The van der Waals surface area contributed by atoms with Crippen LogP contribution in [-0.2, 0) is 4.79 Å². The van der Waals surface area contributed by atoms with E-state index in [1.165, 1.54) is 6.07 Å². The maximum atomic E-state index is 13.0. The van der Waals surface area contributed by atoms with Crippen molar-refractivity contribution in [3.05, 3.63) is 53.6 Å². The molecule has 5 rings (SSSR count). The maximum Gasteiger partial charge on any atom is 0.387 e. The SMILES string of the molecule is COc1cccc2c1OC1(CCN(C(C)=O)CC1)N1N=C(c3ccccc3OC(F)F)C[C@H]21. The first-order chi connectivity index (χ1) is 15.9. The number of hydrazone groups is 1. The first-order valence-electron chi connectivity index (χ1n) is 10.9. The number of rotatable bonds is 4. The molecule has 0 aromatic heterocycles. The van der Waals surface area contributed by atoms with Crippen molar-refractivity contribution in [1.82, 2.24) is 9.91 Å². The molecule has 1 atom stereocenters. The average molecular weight is 457 g/mol. The summed E-state index contributed by atoms with van der Waals surface area (Å²) >= 11 is 0. The molecule has 0 unspecified atom stereocenters. The number of hydrogen-bond donors (Lipinski definition) is 0. The largest absolute Gasteiger partial charge is 0.493 e. The van der Waals surface area contributed by atoms with Gasteiger partial charge in [0.2, 0.25) is 11.6 Å². The van der Waals surface area contributed by atoms with E-state index in [1.54, 1.807) is 37.1 Å². The lowest BCUT2D eigenvalue weighted by atomic mass is 9.90. The molecular formula is C24H25F2N3O4. The number of piperidine rings is 1. The van der Waals surface area contributed by atoms with E-state index in [0.717, 1.165) is 5.56 Å². The molecule has 1 fully saturated rings. The van der Waals surface area contributed by atoms with Gasteiger partial charge < -0.3 is 19.1 Å². The average Bonchev–Trinajstić information content (AvgIpc) is 3.26. The van der Waals surface area contributed by atoms with Crippen molar-refractivity contribution in [3.63, 3.8) is 0 Å². The Hall–Kier alpha value is -3.36. The minimum atomic E-state index is -2.92. The van der Waals surface area contributed by atoms with Gasteiger partial charge in [-0.05, 0) is 18.2 Å². The van der Waals surface area contributed by atoms with E-state index in [2.05, 4.69) is 0 Å². The number of ether oxygens (including phenoxy) is 3. The van der Waals surface area contributed by atoms with Gasteiger partial charge in [0, 0.05) is 50.4 Å². The van der Waals surface area contributed by atoms with Crippen molar-refractivity contribution in [3.8, 4) is 17.2 Å². The Morgan fingerprint density at radius 2 is 1.88 bits per heavy atom. The first kappa shape index (κ1) is 21.5. The molecule has 0 saturated carbocycles. The summed E-state index contributed by atoms with van der Waals surface area (Å²) in [7, 11) is 1.60. The Morgan fingerprint density at radius 3 is 2.58 bits per heavy atom. The number of carbonyl (C=O) groups is 1. The zero-order chi connectivity index (χ0) is 23.2. The topological polar surface area (TPSA) is 63.6 Å². The summed E-state index contributed by atoms with van der Waals surface area (Å²) in [5.74, 6) is 1.43. The van der Waals surface area contributed by atoms with Crippen LogP contribution < -0.4 is 14.2 Å². The van der Waals surface area contributed by atoms with E-state index in [4.69, 9.17) is 19.3 Å². The quantitative estimate of drug-likeness (QED) is 0.689. The molecule has 0 radical (unpaired) electrons. The number of carbonyl (C=O) groups excluding carboxylic acids is 1. The van der Waals surface area contributed by atoms with Crippen molar-refractivity contribution in [2.45, 2.75) is 44.6 Å². The van der Waals surface area contributed by atoms with E-state index < -0.39 is 12.3 Å². The van der Waals surface area contributed by atoms with Crippen molar-refractivity contribution in [2.24, 2.45) is 5.10 Å². The van der Waals surface area contributed by atoms with Crippen LogP contribution in [0.4, 0.5) is 8.78 Å². The molecule has 7 nitrogen and oxygen atoms in total. The predicted molar refractivity (Wildman–Crippen MR) is 117 cm³/mol. The van der Waals surface area contributed by atoms with Crippen molar-refractivity contribution in [1.29, 1.82) is 0 Å². The molecule has 3 aliphatic heterocycles. The second-order valence-corrected chi connectivity index (χ2v) is 8.42. The molecule has 1 saturated heterocycles. The first-order valence-corrected chi connectivity index (χ1v) is 10.9. The Kier molecular flexibility index (Phi) is 5.34. The number of likely N-dealkylation sites (tertiary alicyclic amines) is 1. The van der Waals surface area contributed by atoms with Gasteiger partial charge in [0.15, 0.2) is 11.5 Å². The van der Waals surface area contributed by atoms with Gasteiger partial charge in [0.05, 0.1) is 18.9 Å². The smallest absolute Gasteiger partial charge is 0.387 e. The zero-order valence-corrected chi connectivity index (χ0v) is 18.5. The summed E-state index contributed by atoms with van der Waals surface area (Å²) in [6.45, 7) is -0.281. The van der Waals surface area contributed by atoms with Gasteiger partial charge in [-0.1, -0.05) is 24.3 Å². The van der Waals surface area contributed by atoms with E-state index in [-0.39, 0.29) is 17.7 Å². The molecule has 174 valence electrons. The normalized spacial score (nSPS) is 20.8. The molecular weight excluding hydrogens is 432 g/mol. The number of amides is 1. The van der Waals surface area contributed by atoms with Gasteiger partial charge in [-0.3, -0.25) is 4.79 Å². The van der Waals surface area contributed by atoms with E-state index in [1.807, 2.05) is 23.2 Å². The number of fused-ring (bicyclic) bond motifs is 4. The van der Waals surface area contributed by atoms with Gasteiger partial charge in [0.25, 0.3) is 0 Å². The number of para-hydroxylation sites is 2. The number of nitrogens with zero attached hydrogens (tertiary/aromatic N) is 3. The van der Waals surface area contributed by atoms with Gasteiger partial charge in [0.1, 0.15) is 5.75 Å². The second kappa shape index (κ2) is 8.20. The third-order valence-corrected chi connectivity index (χ3v) is 6.61. The van der Waals surface area contributed by atoms with Gasteiger partial charge >= 0.3 is 6.61 Å². The molecule has 1 spiro atoms.